The van der Waals surface area contributed by atoms with Crippen LogP contribution in [-0.2, 0) is 11.3 Å². The molecule has 0 fully saturated rings. The molecule has 2 heterocycles. The van der Waals surface area contributed by atoms with Crippen molar-refractivity contribution >= 4 is 17.8 Å². The molecule has 3 rings (SSSR count). The van der Waals surface area contributed by atoms with Crippen molar-refractivity contribution < 1.29 is 23.5 Å². The molecule has 2 aromatic rings. The Kier molecular flexibility index (Phi) is 3.06. The first-order chi connectivity index (χ1) is 10.1. The number of nitrogens with zero attached hydrogens (tertiary/aromatic N) is 1. The number of ether oxygens (including phenoxy) is 1. The lowest BCUT2D eigenvalue weighted by Crippen LogP contribution is -2.24. The first-order valence-corrected chi connectivity index (χ1v) is 6.22. The molecule has 2 amide bonds. The Bertz CT molecular complexity index is 733. The van der Waals surface area contributed by atoms with Crippen molar-refractivity contribution in [1.82, 2.24) is 4.90 Å². The molecule has 6 heteroatoms. The highest BCUT2D eigenvalue weighted by molar-refractivity contribution is 6.21. The van der Waals surface area contributed by atoms with Gasteiger partial charge in [-0.05, 0) is 24.3 Å². The summed E-state index contributed by atoms with van der Waals surface area (Å²) in [6.07, 6.45) is 2.96. The molecule has 0 radical (unpaired) electrons. The first-order valence-electron chi connectivity index (χ1n) is 6.22. The zero-order valence-electron chi connectivity index (χ0n) is 11.2. The molecule has 0 atom stereocenters. The first kappa shape index (κ1) is 13.1. The van der Waals surface area contributed by atoms with Gasteiger partial charge in [0.05, 0.1) is 29.2 Å². The highest BCUT2D eigenvalue weighted by atomic mass is 16.5. The second-order valence-corrected chi connectivity index (χ2v) is 4.64. The second-order valence-electron chi connectivity index (χ2n) is 4.64. The van der Waals surface area contributed by atoms with Crippen molar-refractivity contribution in [2.24, 2.45) is 0 Å². The molecule has 1 aromatic carbocycles. The van der Waals surface area contributed by atoms with Crippen molar-refractivity contribution in [3.05, 3.63) is 59.0 Å². The van der Waals surface area contributed by atoms with E-state index in [0.29, 0.717) is 5.56 Å². The van der Waals surface area contributed by atoms with E-state index >= 15 is 0 Å². The quantitative estimate of drug-likeness (QED) is 0.635. The number of rotatable bonds is 3. The molecule has 0 aliphatic carbocycles. The van der Waals surface area contributed by atoms with Crippen LogP contribution < -0.4 is 0 Å². The molecule has 0 unspecified atom stereocenters. The summed E-state index contributed by atoms with van der Waals surface area (Å²) < 4.78 is 9.98. The predicted octanol–water partition coefficient (Wildman–Crippen LogP) is 1.86. The van der Waals surface area contributed by atoms with Gasteiger partial charge in [-0.2, -0.15) is 0 Å². The van der Waals surface area contributed by atoms with Crippen LogP contribution in [0.15, 0.2) is 41.2 Å². The summed E-state index contributed by atoms with van der Waals surface area (Å²) in [7, 11) is 1.40. The van der Waals surface area contributed by atoms with Gasteiger partial charge in [0.2, 0.25) is 0 Å². The van der Waals surface area contributed by atoms with E-state index in [-0.39, 0.29) is 23.6 Å². The van der Waals surface area contributed by atoms with Crippen molar-refractivity contribution in [3.63, 3.8) is 0 Å². The van der Waals surface area contributed by atoms with E-state index in [4.69, 9.17) is 9.15 Å². The lowest BCUT2D eigenvalue weighted by Gasteiger charge is -2.04. The highest BCUT2D eigenvalue weighted by Gasteiger charge is 2.33. The standard InChI is InChI=1S/C15H11NO5/c1-16-13(17)11-3-2-10(6-12(11)14(16)18)15(19)21-8-9-4-5-20-7-9/h2-7H,8H2,1H3. The van der Waals surface area contributed by atoms with Crippen molar-refractivity contribution in [2.45, 2.75) is 6.61 Å². The summed E-state index contributed by atoms with van der Waals surface area (Å²) in [4.78, 5) is 36.6. The number of benzene rings is 1. The SMILES string of the molecule is CN1C(=O)c2ccc(C(=O)OCc3ccoc3)cc2C1=O. The van der Waals surface area contributed by atoms with E-state index in [0.717, 1.165) is 10.5 Å². The molecule has 6 nitrogen and oxygen atoms in total. The van der Waals surface area contributed by atoms with Gasteiger partial charge in [-0.15, -0.1) is 0 Å². The normalized spacial score (nSPS) is 13.5. The maximum absolute atomic E-state index is 11.9. The Morgan fingerprint density at radius 2 is 1.95 bits per heavy atom. The lowest BCUT2D eigenvalue weighted by molar-refractivity contribution is 0.0472. The summed E-state index contributed by atoms with van der Waals surface area (Å²) in [5.41, 5.74) is 1.48. The number of amides is 2. The number of carbonyl (C=O) groups is 3. The number of carbonyl (C=O) groups excluding carboxylic acids is 3. The molecule has 0 bridgehead atoms. The van der Waals surface area contributed by atoms with Crippen LogP contribution in [-0.4, -0.2) is 29.7 Å². The average molecular weight is 285 g/mol. The molecule has 0 spiro atoms. The molecule has 106 valence electrons. The van der Waals surface area contributed by atoms with Gasteiger partial charge in [0, 0.05) is 12.6 Å². The monoisotopic (exact) mass is 285 g/mol. The zero-order valence-corrected chi connectivity index (χ0v) is 11.2. The smallest absolute Gasteiger partial charge is 0.338 e. The maximum Gasteiger partial charge on any atom is 0.338 e. The number of imide groups is 1. The highest BCUT2D eigenvalue weighted by Crippen LogP contribution is 2.23. The van der Waals surface area contributed by atoms with Crippen LogP contribution in [0.3, 0.4) is 0 Å². The predicted molar refractivity (Wildman–Crippen MR) is 70.7 cm³/mol. The Balaban J connectivity index is 1.80. The molecule has 1 aliphatic rings. The Morgan fingerprint density at radius 3 is 2.67 bits per heavy atom. The topological polar surface area (TPSA) is 76.8 Å². The van der Waals surface area contributed by atoms with Crippen LogP contribution in [0, 0.1) is 0 Å². The molecule has 21 heavy (non-hydrogen) atoms. The molecule has 1 aromatic heterocycles. The number of fused-ring (bicyclic) bond motifs is 1. The van der Waals surface area contributed by atoms with E-state index < -0.39 is 11.9 Å². The van der Waals surface area contributed by atoms with E-state index in [1.807, 2.05) is 0 Å². The molecule has 1 aliphatic heterocycles. The van der Waals surface area contributed by atoms with Gasteiger partial charge in [-0.3, -0.25) is 14.5 Å². The largest absolute Gasteiger partial charge is 0.472 e. The van der Waals surface area contributed by atoms with Crippen LogP contribution >= 0.6 is 0 Å². The van der Waals surface area contributed by atoms with Crippen LogP contribution in [0.5, 0.6) is 0 Å². The minimum absolute atomic E-state index is 0.0825. The minimum Gasteiger partial charge on any atom is -0.472 e. The minimum atomic E-state index is -0.561. The lowest BCUT2D eigenvalue weighted by atomic mass is 10.1. The zero-order chi connectivity index (χ0) is 15.0. The Labute approximate surface area is 119 Å². The fourth-order valence-corrected chi connectivity index (χ4v) is 2.10. The molecular weight excluding hydrogens is 274 g/mol. The average Bonchev–Trinajstić information content (AvgIpc) is 3.09. The number of hydrogen-bond acceptors (Lipinski definition) is 5. The van der Waals surface area contributed by atoms with Crippen LogP contribution in [0.2, 0.25) is 0 Å². The summed E-state index contributed by atoms with van der Waals surface area (Å²) in [6.45, 7) is 0.0825. The second kappa shape index (κ2) is 4.90. The number of furan rings is 1. The summed E-state index contributed by atoms with van der Waals surface area (Å²) in [5, 5.41) is 0. The van der Waals surface area contributed by atoms with Crippen LogP contribution in [0.1, 0.15) is 36.6 Å². The van der Waals surface area contributed by atoms with E-state index in [1.54, 1.807) is 6.07 Å². The van der Waals surface area contributed by atoms with Gasteiger partial charge in [0.1, 0.15) is 6.61 Å². The van der Waals surface area contributed by atoms with E-state index in [9.17, 15) is 14.4 Å². The summed E-state index contributed by atoms with van der Waals surface area (Å²) >= 11 is 0. The van der Waals surface area contributed by atoms with Gasteiger partial charge in [-0.1, -0.05) is 0 Å². The van der Waals surface area contributed by atoms with Gasteiger partial charge < -0.3 is 9.15 Å². The van der Waals surface area contributed by atoms with Crippen molar-refractivity contribution in [3.8, 4) is 0 Å². The molecular formula is C15H11NO5. The van der Waals surface area contributed by atoms with E-state index in [1.165, 1.54) is 37.8 Å². The number of hydrogen-bond donors (Lipinski definition) is 0. The number of esters is 1. The van der Waals surface area contributed by atoms with Gasteiger partial charge in [-0.25, -0.2) is 4.79 Å². The van der Waals surface area contributed by atoms with Crippen molar-refractivity contribution in [2.75, 3.05) is 7.05 Å². The van der Waals surface area contributed by atoms with Gasteiger partial charge in [0.15, 0.2) is 0 Å². The molecule has 0 saturated carbocycles. The molecule has 0 saturated heterocycles. The van der Waals surface area contributed by atoms with Crippen LogP contribution in [0.25, 0.3) is 0 Å². The summed E-state index contributed by atoms with van der Waals surface area (Å²) in [6, 6.07) is 6.01. The van der Waals surface area contributed by atoms with Crippen molar-refractivity contribution in [1.29, 1.82) is 0 Å². The third-order valence-corrected chi connectivity index (χ3v) is 3.28. The van der Waals surface area contributed by atoms with Crippen LogP contribution in [0.4, 0.5) is 0 Å². The Hall–Kier alpha value is -2.89. The summed E-state index contributed by atoms with van der Waals surface area (Å²) in [5.74, 6) is -1.35. The van der Waals surface area contributed by atoms with Gasteiger partial charge >= 0.3 is 5.97 Å². The maximum atomic E-state index is 11.9. The fraction of sp³-hybridized carbons (Fsp3) is 0.133. The third-order valence-electron chi connectivity index (χ3n) is 3.28. The Morgan fingerprint density at radius 1 is 1.19 bits per heavy atom. The molecule has 0 N–H and O–H groups in total. The van der Waals surface area contributed by atoms with Gasteiger partial charge in [0.25, 0.3) is 11.8 Å². The fourth-order valence-electron chi connectivity index (χ4n) is 2.10. The third kappa shape index (κ3) is 2.20. The van der Waals surface area contributed by atoms with E-state index in [2.05, 4.69) is 0 Å².